The van der Waals surface area contributed by atoms with Gasteiger partial charge >= 0.3 is 0 Å². The van der Waals surface area contributed by atoms with Gasteiger partial charge in [-0.3, -0.25) is 0 Å². The van der Waals surface area contributed by atoms with Crippen molar-refractivity contribution >= 4 is 11.0 Å². The first-order valence-corrected chi connectivity index (χ1v) is 7.83. The van der Waals surface area contributed by atoms with Crippen molar-refractivity contribution in [2.75, 3.05) is 6.54 Å². The van der Waals surface area contributed by atoms with Crippen molar-refractivity contribution in [2.24, 2.45) is 7.05 Å². The molecule has 5 heteroatoms. The zero-order valence-electron chi connectivity index (χ0n) is 13.2. The fourth-order valence-electron chi connectivity index (χ4n) is 2.79. The maximum Gasteiger partial charge on any atom is 0.109 e. The van der Waals surface area contributed by atoms with Crippen molar-refractivity contribution < 1.29 is 0 Å². The van der Waals surface area contributed by atoms with Gasteiger partial charge in [-0.05, 0) is 32.0 Å². The van der Waals surface area contributed by atoms with Gasteiger partial charge in [-0.1, -0.05) is 12.1 Å². The summed E-state index contributed by atoms with van der Waals surface area (Å²) >= 11 is 0. The smallest absolute Gasteiger partial charge is 0.109 e. The average molecular weight is 297 g/mol. The summed E-state index contributed by atoms with van der Waals surface area (Å²) in [7, 11) is 2.10. The number of rotatable bonds is 7. The van der Waals surface area contributed by atoms with Crippen LogP contribution in [0.3, 0.4) is 0 Å². The second-order valence-electron chi connectivity index (χ2n) is 5.79. The molecule has 0 aliphatic heterocycles. The molecular formula is C17H23N5. The Morgan fingerprint density at radius 3 is 2.91 bits per heavy atom. The van der Waals surface area contributed by atoms with E-state index < -0.39 is 0 Å². The highest BCUT2D eigenvalue weighted by molar-refractivity contribution is 5.75. The molecule has 0 fully saturated rings. The zero-order valence-corrected chi connectivity index (χ0v) is 13.2. The number of nitrogens with one attached hydrogen (secondary N) is 1. The van der Waals surface area contributed by atoms with E-state index in [1.165, 1.54) is 5.52 Å². The van der Waals surface area contributed by atoms with E-state index in [4.69, 9.17) is 4.98 Å². The average Bonchev–Trinajstić information content (AvgIpc) is 3.13. The number of hydrogen-bond acceptors (Lipinski definition) is 3. The third-order valence-electron chi connectivity index (χ3n) is 3.99. The topological polar surface area (TPSA) is 47.7 Å². The fraction of sp³-hybridized carbons (Fsp3) is 0.412. The number of nitrogens with zero attached hydrogens (tertiary/aromatic N) is 4. The highest BCUT2D eigenvalue weighted by atomic mass is 15.1. The van der Waals surface area contributed by atoms with E-state index in [9.17, 15) is 0 Å². The van der Waals surface area contributed by atoms with Crippen LogP contribution in [-0.4, -0.2) is 31.7 Å². The normalized spacial score (nSPS) is 12.8. The number of benzene rings is 1. The predicted molar refractivity (Wildman–Crippen MR) is 88.7 cm³/mol. The van der Waals surface area contributed by atoms with Gasteiger partial charge in [-0.25, -0.2) is 9.97 Å². The lowest BCUT2D eigenvalue weighted by atomic mass is 10.2. The van der Waals surface area contributed by atoms with E-state index in [1.54, 1.807) is 0 Å². The van der Waals surface area contributed by atoms with Crippen LogP contribution >= 0.6 is 0 Å². The second kappa shape index (κ2) is 6.75. The number of para-hydroxylation sites is 2. The van der Waals surface area contributed by atoms with Gasteiger partial charge < -0.3 is 14.5 Å². The number of fused-ring (bicyclic) bond motifs is 1. The molecule has 1 atom stereocenters. The summed E-state index contributed by atoms with van der Waals surface area (Å²) in [5, 5.41) is 3.56. The van der Waals surface area contributed by atoms with Gasteiger partial charge in [0.15, 0.2) is 0 Å². The molecule has 0 radical (unpaired) electrons. The van der Waals surface area contributed by atoms with Crippen LogP contribution in [0.15, 0.2) is 43.0 Å². The molecule has 5 nitrogen and oxygen atoms in total. The summed E-state index contributed by atoms with van der Waals surface area (Å²) < 4.78 is 4.30. The second-order valence-corrected chi connectivity index (χ2v) is 5.79. The highest BCUT2D eigenvalue weighted by Crippen LogP contribution is 2.15. The molecule has 0 aliphatic carbocycles. The van der Waals surface area contributed by atoms with Crippen molar-refractivity contribution in [3.05, 3.63) is 48.8 Å². The van der Waals surface area contributed by atoms with E-state index in [0.29, 0.717) is 6.04 Å². The molecule has 116 valence electrons. The van der Waals surface area contributed by atoms with Crippen LogP contribution in [0.25, 0.3) is 11.0 Å². The van der Waals surface area contributed by atoms with Crippen molar-refractivity contribution in [1.82, 2.24) is 24.4 Å². The van der Waals surface area contributed by atoms with Crippen LogP contribution in [0.5, 0.6) is 0 Å². The fourth-order valence-corrected chi connectivity index (χ4v) is 2.79. The first-order chi connectivity index (χ1) is 10.7. The number of aryl methyl sites for hydroxylation is 2. The van der Waals surface area contributed by atoms with Crippen LogP contribution in [0.2, 0.25) is 0 Å². The standard InChI is InChI=1S/C17H23N5/c1-14(12-22-11-10-18-13-22)19-9-5-8-17-20-15-6-3-4-7-16(15)21(17)2/h3-4,6-7,10-11,13-14,19H,5,8-9,12H2,1-2H3/t14-/m0/s1. The van der Waals surface area contributed by atoms with Crippen molar-refractivity contribution in [1.29, 1.82) is 0 Å². The molecule has 0 spiro atoms. The molecule has 22 heavy (non-hydrogen) atoms. The maximum absolute atomic E-state index is 4.71. The Labute approximate surface area is 131 Å². The quantitative estimate of drug-likeness (QED) is 0.681. The van der Waals surface area contributed by atoms with Crippen LogP contribution in [-0.2, 0) is 20.0 Å². The summed E-state index contributed by atoms with van der Waals surface area (Å²) in [5.74, 6) is 1.16. The lowest BCUT2D eigenvalue weighted by Gasteiger charge is -2.14. The third kappa shape index (κ3) is 3.36. The third-order valence-corrected chi connectivity index (χ3v) is 3.99. The highest BCUT2D eigenvalue weighted by Gasteiger charge is 2.07. The molecule has 0 aliphatic rings. The molecule has 0 bridgehead atoms. The summed E-state index contributed by atoms with van der Waals surface area (Å²) in [6.07, 6.45) is 7.76. The van der Waals surface area contributed by atoms with E-state index in [1.807, 2.05) is 24.8 Å². The minimum absolute atomic E-state index is 0.439. The van der Waals surface area contributed by atoms with Gasteiger partial charge in [0.25, 0.3) is 0 Å². The molecule has 0 saturated carbocycles. The minimum Gasteiger partial charge on any atom is -0.336 e. The lowest BCUT2D eigenvalue weighted by Crippen LogP contribution is -2.31. The Balaban J connectivity index is 1.47. The molecular weight excluding hydrogens is 274 g/mol. The van der Waals surface area contributed by atoms with Gasteiger partial charge in [0, 0.05) is 38.4 Å². The van der Waals surface area contributed by atoms with E-state index in [2.05, 4.69) is 51.6 Å². The monoisotopic (exact) mass is 297 g/mol. The van der Waals surface area contributed by atoms with Gasteiger partial charge in [0.1, 0.15) is 5.82 Å². The zero-order chi connectivity index (χ0) is 15.4. The van der Waals surface area contributed by atoms with Gasteiger partial charge in [-0.15, -0.1) is 0 Å². The largest absolute Gasteiger partial charge is 0.336 e. The van der Waals surface area contributed by atoms with Crippen LogP contribution < -0.4 is 5.32 Å². The molecule has 1 aromatic carbocycles. The number of aromatic nitrogens is 4. The van der Waals surface area contributed by atoms with Crippen molar-refractivity contribution in [3.8, 4) is 0 Å². The molecule has 0 saturated heterocycles. The molecule has 2 heterocycles. The molecule has 0 unspecified atom stereocenters. The van der Waals surface area contributed by atoms with Gasteiger partial charge in [0.2, 0.25) is 0 Å². The maximum atomic E-state index is 4.71. The van der Waals surface area contributed by atoms with Crippen LogP contribution in [0, 0.1) is 0 Å². The Morgan fingerprint density at radius 1 is 1.27 bits per heavy atom. The van der Waals surface area contributed by atoms with Crippen LogP contribution in [0.4, 0.5) is 0 Å². The SMILES string of the molecule is C[C@@H](Cn1ccnc1)NCCCc1nc2ccccc2n1C. The molecule has 0 amide bonds. The summed E-state index contributed by atoms with van der Waals surface area (Å²) in [6, 6.07) is 8.74. The lowest BCUT2D eigenvalue weighted by molar-refractivity contribution is 0.470. The minimum atomic E-state index is 0.439. The van der Waals surface area contributed by atoms with E-state index >= 15 is 0 Å². The molecule has 3 aromatic rings. The van der Waals surface area contributed by atoms with E-state index in [0.717, 1.165) is 37.3 Å². The Morgan fingerprint density at radius 2 is 2.14 bits per heavy atom. The first-order valence-electron chi connectivity index (χ1n) is 7.83. The first kappa shape index (κ1) is 14.8. The number of hydrogen-bond donors (Lipinski definition) is 1. The predicted octanol–water partition coefficient (Wildman–Crippen LogP) is 2.38. The molecule has 3 rings (SSSR count). The van der Waals surface area contributed by atoms with Gasteiger partial charge in [0.05, 0.1) is 17.4 Å². The molecule has 2 aromatic heterocycles. The Bertz CT molecular complexity index is 714. The van der Waals surface area contributed by atoms with Crippen LogP contribution in [0.1, 0.15) is 19.2 Å². The summed E-state index contributed by atoms with van der Waals surface area (Å²) in [4.78, 5) is 8.78. The Kier molecular flexibility index (Phi) is 4.53. The van der Waals surface area contributed by atoms with Crippen molar-refractivity contribution in [2.45, 2.75) is 32.4 Å². The molecule has 1 N–H and O–H groups in total. The van der Waals surface area contributed by atoms with Gasteiger partial charge in [-0.2, -0.15) is 0 Å². The summed E-state index contributed by atoms with van der Waals surface area (Å²) in [5.41, 5.74) is 2.29. The number of imidazole rings is 2. The summed E-state index contributed by atoms with van der Waals surface area (Å²) in [6.45, 7) is 4.15. The van der Waals surface area contributed by atoms with Crippen molar-refractivity contribution in [3.63, 3.8) is 0 Å². The van der Waals surface area contributed by atoms with E-state index in [-0.39, 0.29) is 0 Å². The Hall–Kier alpha value is -2.14.